The van der Waals surface area contributed by atoms with Gasteiger partial charge in [0.05, 0.1) is 5.56 Å². The number of aromatic carboxylic acids is 1. The van der Waals surface area contributed by atoms with Crippen LogP contribution >= 0.6 is 11.8 Å². The molecule has 2 aromatic rings. The van der Waals surface area contributed by atoms with E-state index >= 15 is 0 Å². The zero-order valence-electron chi connectivity index (χ0n) is 10.7. The molecular weight excluding hydrogens is 260 g/mol. The van der Waals surface area contributed by atoms with Gasteiger partial charge in [0.2, 0.25) is 0 Å². The smallest absolute Gasteiger partial charge is 0.336 e. The van der Waals surface area contributed by atoms with E-state index in [-0.39, 0.29) is 5.56 Å². The van der Waals surface area contributed by atoms with E-state index in [9.17, 15) is 4.79 Å². The molecule has 0 bridgehead atoms. The summed E-state index contributed by atoms with van der Waals surface area (Å²) >= 11 is 1.34. The fraction of sp³-hybridized carbons (Fsp3) is 0.214. The van der Waals surface area contributed by atoms with E-state index in [1.165, 1.54) is 18.1 Å². The fourth-order valence-electron chi connectivity index (χ4n) is 1.57. The highest BCUT2D eigenvalue weighted by Gasteiger charge is 2.11. The fourth-order valence-corrected chi connectivity index (χ4v) is 2.49. The van der Waals surface area contributed by atoms with E-state index in [0.717, 1.165) is 10.7 Å². The van der Waals surface area contributed by atoms with Crippen LogP contribution in [0.25, 0.3) is 0 Å². The third-order valence-electron chi connectivity index (χ3n) is 2.59. The van der Waals surface area contributed by atoms with Crippen molar-refractivity contribution in [3.05, 3.63) is 47.9 Å². The lowest BCUT2D eigenvalue weighted by atomic mass is 10.1. The van der Waals surface area contributed by atoms with Gasteiger partial charge in [0.15, 0.2) is 0 Å². The molecule has 4 nitrogen and oxygen atoms in total. The van der Waals surface area contributed by atoms with Crippen LogP contribution in [0, 0.1) is 0 Å². The third-order valence-corrected chi connectivity index (χ3v) is 3.59. The minimum Gasteiger partial charge on any atom is -0.478 e. The first kappa shape index (κ1) is 13.5. The van der Waals surface area contributed by atoms with E-state index in [1.54, 1.807) is 18.2 Å². The SMILES string of the molecule is CC(C)c1cc(Sc2ccccc2C(=O)O)ncn1. The van der Waals surface area contributed by atoms with Gasteiger partial charge in [-0.3, -0.25) is 0 Å². The van der Waals surface area contributed by atoms with Gasteiger partial charge in [0, 0.05) is 10.6 Å². The molecule has 0 amide bonds. The lowest BCUT2D eigenvalue weighted by Crippen LogP contribution is -1.99. The van der Waals surface area contributed by atoms with Crippen LogP contribution in [-0.2, 0) is 0 Å². The molecule has 0 unspecified atom stereocenters. The Labute approximate surface area is 115 Å². The van der Waals surface area contributed by atoms with Crippen molar-refractivity contribution >= 4 is 17.7 Å². The second-order valence-corrected chi connectivity index (χ2v) is 5.40. The molecule has 0 radical (unpaired) electrons. The zero-order valence-corrected chi connectivity index (χ0v) is 11.5. The highest BCUT2D eigenvalue weighted by molar-refractivity contribution is 7.99. The standard InChI is InChI=1S/C14H14N2O2S/c1-9(2)11-7-13(16-8-15-11)19-12-6-4-3-5-10(12)14(17)18/h3-9H,1-2H3,(H,17,18). The number of carbonyl (C=O) groups is 1. The van der Waals surface area contributed by atoms with Gasteiger partial charge in [-0.25, -0.2) is 14.8 Å². The summed E-state index contributed by atoms with van der Waals surface area (Å²) in [5.41, 5.74) is 1.24. The molecule has 5 heteroatoms. The molecule has 0 fully saturated rings. The Morgan fingerprint density at radius 2 is 2.00 bits per heavy atom. The van der Waals surface area contributed by atoms with Crippen LogP contribution in [-0.4, -0.2) is 21.0 Å². The quantitative estimate of drug-likeness (QED) is 0.865. The van der Waals surface area contributed by atoms with Gasteiger partial charge in [0.1, 0.15) is 11.4 Å². The second-order valence-electron chi connectivity index (χ2n) is 4.34. The topological polar surface area (TPSA) is 63.1 Å². The van der Waals surface area contributed by atoms with Gasteiger partial charge in [-0.15, -0.1) is 0 Å². The average Bonchev–Trinajstić information content (AvgIpc) is 2.39. The summed E-state index contributed by atoms with van der Waals surface area (Å²) in [6.07, 6.45) is 1.51. The Hall–Kier alpha value is -1.88. The average molecular weight is 274 g/mol. The predicted molar refractivity (Wildman–Crippen MR) is 73.6 cm³/mol. The zero-order chi connectivity index (χ0) is 13.8. The van der Waals surface area contributed by atoms with Crippen LogP contribution in [0.5, 0.6) is 0 Å². The molecule has 0 aliphatic heterocycles. The molecule has 19 heavy (non-hydrogen) atoms. The number of benzene rings is 1. The maximum absolute atomic E-state index is 11.1. The lowest BCUT2D eigenvalue weighted by molar-refractivity contribution is 0.0693. The van der Waals surface area contributed by atoms with Gasteiger partial charge in [-0.05, 0) is 24.1 Å². The first-order chi connectivity index (χ1) is 9.08. The summed E-state index contributed by atoms with van der Waals surface area (Å²) in [7, 11) is 0. The van der Waals surface area contributed by atoms with Gasteiger partial charge in [0.25, 0.3) is 0 Å². The molecule has 0 aliphatic rings. The molecule has 0 saturated heterocycles. The first-order valence-corrected chi connectivity index (χ1v) is 6.71. The van der Waals surface area contributed by atoms with E-state index in [0.29, 0.717) is 10.8 Å². The molecule has 1 N–H and O–H groups in total. The third kappa shape index (κ3) is 3.32. The van der Waals surface area contributed by atoms with Crippen LogP contribution in [0.15, 0.2) is 46.6 Å². The van der Waals surface area contributed by atoms with Crippen molar-refractivity contribution in [2.24, 2.45) is 0 Å². The molecule has 0 saturated carbocycles. The maximum Gasteiger partial charge on any atom is 0.336 e. The predicted octanol–water partition coefficient (Wildman–Crippen LogP) is 3.45. The summed E-state index contributed by atoms with van der Waals surface area (Å²) < 4.78 is 0. The Kier molecular flexibility index (Phi) is 4.16. The van der Waals surface area contributed by atoms with Crippen LogP contribution in [0.2, 0.25) is 0 Å². The van der Waals surface area contributed by atoms with E-state index < -0.39 is 5.97 Å². The molecule has 1 aromatic carbocycles. The minimum atomic E-state index is -0.929. The molecule has 1 aromatic heterocycles. The van der Waals surface area contributed by atoms with Crippen molar-refractivity contribution in [2.75, 3.05) is 0 Å². The molecule has 98 valence electrons. The monoisotopic (exact) mass is 274 g/mol. The number of rotatable bonds is 4. The molecule has 0 atom stereocenters. The van der Waals surface area contributed by atoms with Gasteiger partial charge in [-0.1, -0.05) is 37.7 Å². The van der Waals surface area contributed by atoms with Crippen LogP contribution in [0.3, 0.4) is 0 Å². The summed E-state index contributed by atoms with van der Waals surface area (Å²) in [4.78, 5) is 20.2. The number of carboxylic acid groups (broad SMARTS) is 1. The first-order valence-electron chi connectivity index (χ1n) is 5.90. The van der Waals surface area contributed by atoms with Crippen LogP contribution in [0.1, 0.15) is 35.8 Å². The number of aromatic nitrogens is 2. The summed E-state index contributed by atoms with van der Waals surface area (Å²) in [6, 6.07) is 8.81. The molecular formula is C14H14N2O2S. The summed E-state index contributed by atoms with van der Waals surface area (Å²) in [6.45, 7) is 4.12. The Balaban J connectivity index is 2.31. The van der Waals surface area contributed by atoms with Crippen LogP contribution in [0.4, 0.5) is 0 Å². The van der Waals surface area contributed by atoms with Crippen LogP contribution < -0.4 is 0 Å². The van der Waals surface area contributed by atoms with Crippen molar-refractivity contribution in [1.29, 1.82) is 0 Å². The molecule has 0 aliphatic carbocycles. The lowest BCUT2D eigenvalue weighted by Gasteiger charge is -2.07. The molecule has 2 rings (SSSR count). The van der Waals surface area contributed by atoms with Gasteiger partial charge < -0.3 is 5.11 Å². The van der Waals surface area contributed by atoms with Crippen molar-refractivity contribution in [2.45, 2.75) is 29.7 Å². The molecule has 1 heterocycles. The van der Waals surface area contributed by atoms with E-state index in [4.69, 9.17) is 5.11 Å². The van der Waals surface area contributed by atoms with Crippen molar-refractivity contribution in [3.8, 4) is 0 Å². The van der Waals surface area contributed by atoms with Crippen molar-refractivity contribution < 1.29 is 9.90 Å². The highest BCUT2D eigenvalue weighted by Crippen LogP contribution is 2.29. The maximum atomic E-state index is 11.1. The Morgan fingerprint density at radius 1 is 1.26 bits per heavy atom. The Morgan fingerprint density at radius 3 is 2.68 bits per heavy atom. The largest absolute Gasteiger partial charge is 0.478 e. The minimum absolute atomic E-state index is 0.289. The number of hydrogen-bond acceptors (Lipinski definition) is 4. The van der Waals surface area contributed by atoms with E-state index in [1.807, 2.05) is 12.1 Å². The highest BCUT2D eigenvalue weighted by atomic mass is 32.2. The summed E-state index contributed by atoms with van der Waals surface area (Å²) in [5.74, 6) is -0.613. The van der Waals surface area contributed by atoms with Gasteiger partial charge >= 0.3 is 5.97 Å². The summed E-state index contributed by atoms with van der Waals surface area (Å²) in [5, 5.41) is 9.90. The second kappa shape index (κ2) is 5.84. The number of carboxylic acids is 1. The number of nitrogens with zero attached hydrogens (tertiary/aromatic N) is 2. The van der Waals surface area contributed by atoms with Gasteiger partial charge in [-0.2, -0.15) is 0 Å². The number of hydrogen-bond donors (Lipinski definition) is 1. The molecule has 0 spiro atoms. The van der Waals surface area contributed by atoms with E-state index in [2.05, 4.69) is 23.8 Å². The normalized spacial score (nSPS) is 10.7. The Bertz CT molecular complexity index is 600. The van der Waals surface area contributed by atoms with Crippen molar-refractivity contribution in [3.63, 3.8) is 0 Å². The van der Waals surface area contributed by atoms with Crippen molar-refractivity contribution in [1.82, 2.24) is 9.97 Å².